The van der Waals surface area contributed by atoms with Gasteiger partial charge in [0.15, 0.2) is 0 Å². The second-order valence-electron chi connectivity index (χ2n) is 7.08. The zero-order valence-corrected chi connectivity index (χ0v) is 13.7. The van der Waals surface area contributed by atoms with Crippen LogP contribution in [0.2, 0.25) is 0 Å². The zero-order chi connectivity index (χ0) is 16.2. The molecule has 1 N–H and O–H groups in total. The van der Waals surface area contributed by atoms with Gasteiger partial charge in [-0.15, -0.1) is 0 Å². The molecule has 3 aromatic rings. The Labute approximate surface area is 135 Å². The highest BCUT2D eigenvalue weighted by Crippen LogP contribution is 2.44. The van der Waals surface area contributed by atoms with E-state index in [0.717, 1.165) is 22.5 Å². The molecule has 0 aromatic carbocycles. The van der Waals surface area contributed by atoms with Crippen molar-refractivity contribution in [1.29, 1.82) is 0 Å². The summed E-state index contributed by atoms with van der Waals surface area (Å²) in [6, 6.07) is 6.17. The summed E-state index contributed by atoms with van der Waals surface area (Å²) >= 11 is 0. The Morgan fingerprint density at radius 2 is 2.00 bits per heavy atom. The average molecular weight is 307 g/mol. The lowest BCUT2D eigenvalue weighted by Gasteiger charge is -2.17. The topological polar surface area (TPSA) is 50.4 Å². The van der Waals surface area contributed by atoms with Gasteiger partial charge in [0, 0.05) is 35.6 Å². The first-order valence-electron chi connectivity index (χ1n) is 8.10. The van der Waals surface area contributed by atoms with Crippen molar-refractivity contribution >= 4 is 5.65 Å². The maximum Gasteiger partial charge on any atom is 0.137 e. The second kappa shape index (κ2) is 4.90. The van der Waals surface area contributed by atoms with Gasteiger partial charge in [-0.3, -0.25) is 4.98 Å². The van der Waals surface area contributed by atoms with Crippen LogP contribution in [0.1, 0.15) is 49.4 Å². The molecule has 0 spiro atoms. The molecule has 0 bridgehead atoms. The summed E-state index contributed by atoms with van der Waals surface area (Å²) in [6.07, 6.45) is 8.16. The van der Waals surface area contributed by atoms with Crippen LogP contribution in [-0.4, -0.2) is 19.5 Å². The van der Waals surface area contributed by atoms with Crippen molar-refractivity contribution in [2.45, 2.75) is 45.1 Å². The number of aliphatic hydroxyl groups is 1. The molecule has 0 radical (unpaired) electrons. The third kappa shape index (κ3) is 2.53. The van der Waals surface area contributed by atoms with Gasteiger partial charge in [0.05, 0.1) is 17.0 Å². The molecular weight excluding hydrogens is 286 g/mol. The van der Waals surface area contributed by atoms with Crippen LogP contribution in [0.3, 0.4) is 0 Å². The van der Waals surface area contributed by atoms with Gasteiger partial charge in [0.1, 0.15) is 5.65 Å². The van der Waals surface area contributed by atoms with E-state index in [4.69, 9.17) is 4.98 Å². The predicted octanol–water partition coefficient (Wildman–Crippen LogP) is 3.81. The first-order chi connectivity index (χ1) is 10.9. The number of aromatic nitrogens is 3. The SMILES string of the molecule is Cc1ccc2nc(-c3cncc(C(C)(C)O)c3)c(C3CC3)n2c1. The number of nitrogens with zero attached hydrogens (tertiary/aromatic N) is 3. The smallest absolute Gasteiger partial charge is 0.137 e. The summed E-state index contributed by atoms with van der Waals surface area (Å²) in [5.74, 6) is 0.576. The normalized spacial score (nSPS) is 15.3. The molecule has 1 saturated carbocycles. The molecule has 3 heterocycles. The highest BCUT2D eigenvalue weighted by Gasteiger charge is 2.31. The fourth-order valence-corrected chi connectivity index (χ4v) is 3.03. The van der Waals surface area contributed by atoms with Crippen molar-refractivity contribution in [3.05, 3.63) is 53.6 Å². The van der Waals surface area contributed by atoms with Crippen molar-refractivity contribution in [2.75, 3.05) is 0 Å². The summed E-state index contributed by atoms with van der Waals surface area (Å²) < 4.78 is 2.22. The van der Waals surface area contributed by atoms with E-state index < -0.39 is 5.60 Å². The van der Waals surface area contributed by atoms with Crippen molar-refractivity contribution in [1.82, 2.24) is 14.4 Å². The van der Waals surface area contributed by atoms with Gasteiger partial charge in [-0.05, 0) is 51.3 Å². The van der Waals surface area contributed by atoms with Crippen molar-refractivity contribution < 1.29 is 5.11 Å². The van der Waals surface area contributed by atoms with Gasteiger partial charge in [0.25, 0.3) is 0 Å². The Hall–Kier alpha value is -2.20. The van der Waals surface area contributed by atoms with Crippen LogP contribution in [0.15, 0.2) is 36.8 Å². The Balaban J connectivity index is 1.94. The number of hydrogen-bond acceptors (Lipinski definition) is 3. The summed E-state index contributed by atoms with van der Waals surface area (Å²) in [6.45, 7) is 5.66. The number of imidazole rings is 1. The van der Waals surface area contributed by atoms with Gasteiger partial charge in [-0.2, -0.15) is 0 Å². The van der Waals surface area contributed by atoms with Gasteiger partial charge >= 0.3 is 0 Å². The standard InChI is InChI=1S/C19H21N3O/c1-12-4-7-16-21-17(18(13-5-6-13)22(16)11-12)14-8-15(10-20-9-14)19(2,3)23/h4,7-11,13,23H,5-6H2,1-3H3. The number of fused-ring (bicyclic) bond motifs is 1. The molecule has 118 valence electrons. The Morgan fingerprint density at radius 1 is 1.22 bits per heavy atom. The molecule has 0 aliphatic heterocycles. The number of hydrogen-bond donors (Lipinski definition) is 1. The second-order valence-corrected chi connectivity index (χ2v) is 7.08. The molecule has 4 rings (SSSR count). The van der Waals surface area contributed by atoms with Crippen LogP contribution in [0.25, 0.3) is 16.9 Å². The number of aryl methyl sites for hydroxylation is 1. The molecule has 0 amide bonds. The largest absolute Gasteiger partial charge is 0.386 e. The third-order valence-electron chi connectivity index (χ3n) is 4.49. The van der Waals surface area contributed by atoms with E-state index in [2.05, 4.69) is 34.6 Å². The van der Waals surface area contributed by atoms with E-state index in [1.54, 1.807) is 20.0 Å². The Morgan fingerprint density at radius 3 is 2.70 bits per heavy atom. The zero-order valence-electron chi connectivity index (χ0n) is 13.7. The average Bonchev–Trinajstić information content (AvgIpc) is 3.27. The molecule has 23 heavy (non-hydrogen) atoms. The molecule has 0 unspecified atom stereocenters. The monoisotopic (exact) mass is 307 g/mol. The lowest BCUT2D eigenvalue weighted by molar-refractivity contribution is 0.0783. The summed E-state index contributed by atoms with van der Waals surface area (Å²) in [4.78, 5) is 9.18. The van der Waals surface area contributed by atoms with Gasteiger partial charge in [0.2, 0.25) is 0 Å². The molecule has 1 aliphatic rings. The highest BCUT2D eigenvalue weighted by molar-refractivity contribution is 5.68. The van der Waals surface area contributed by atoms with E-state index in [9.17, 15) is 5.11 Å². The fourth-order valence-electron chi connectivity index (χ4n) is 3.03. The number of rotatable bonds is 3. The lowest BCUT2D eigenvalue weighted by atomic mass is 9.98. The van der Waals surface area contributed by atoms with Gasteiger partial charge in [-0.25, -0.2) is 4.98 Å². The molecule has 1 aliphatic carbocycles. The number of pyridine rings is 2. The maximum absolute atomic E-state index is 10.3. The summed E-state index contributed by atoms with van der Waals surface area (Å²) in [5, 5.41) is 10.3. The Kier molecular flexibility index (Phi) is 3.07. The quantitative estimate of drug-likeness (QED) is 0.800. The molecule has 4 nitrogen and oxygen atoms in total. The maximum atomic E-state index is 10.3. The van der Waals surface area contributed by atoms with Crippen LogP contribution < -0.4 is 0 Å². The van der Waals surface area contributed by atoms with E-state index in [1.165, 1.54) is 24.1 Å². The molecule has 1 fully saturated rings. The van der Waals surface area contributed by atoms with Crippen LogP contribution in [-0.2, 0) is 5.60 Å². The molecule has 0 saturated heterocycles. The van der Waals surface area contributed by atoms with E-state index >= 15 is 0 Å². The minimum Gasteiger partial charge on any atom is -0.386 e. The van der Waals surface area contributed by atoms with Crippen molar-refractivity contribution in [3.8, 4) is 11.3 Å². The lowest BCUT2D eigenvalue weighted by Crippen LogP contribution is -2.15. The molecule has 0 atom stereocenters. The predicted molar refractivity (Wildman–Crippen MR) is 90.4 cm³/mol. The molecule has 3 aromatic heterocycles. The summed E-state index contributed by atoms with van der Waals surface area (Å²) in [5.41, 5.74) is 5.36. The van der Waals surface area contributed by atoms with Crippen LogP contribution in [0.4, 0.5) is 0 Å². The third-order valence-corrected chi connectivity index (χ3v) is 4.49. The summed E-state index contributed by atoms with van der Waals surface area (Å²) in [7, 11) is 0. The fraction of sp³-hybridized carbons (Fsp3) is 0.368. The van der Waals surface area contributed by atoms with E-state index in [1.807, 2.05) is 12.3 Å². The Bertz CT molecular complexity index is 885. The minimum atomic E-state index is -0.904. The van der Waals surface area contributed by atoms with Crippen LogP contribution in [0, 0.1) is 6.92 Å². The first kappa shape index (κ1) is 14.4. The minimum absolute atomic E-state index is 0.576. The van der Waals surface area contributed by atoms with E-state index in [-0.39, 0.29) is 0 Å². The molecule has 4 heteroatoms. The van der Waals surface area contributed by atoms with Crippen LogP contribution >= 0.6 is 0 Å². The van der Waals surface area contributed by atoms with Gasteiger partial charge in [-0.1, -0.05) is 6.07 Å². The highest BCUT2D eigenvalue weighted by atomic mass is 16.3. The van der Waals surface area contributed by atoms with E-state index in [0.29, 0.717) is 5.92 Å². The van der Waals surface area contributed by atoms with Crippen molar-refractivity contribution in [3.63, 3.8) is 0 Å². The van der Waals surface area contributed by atoms with Crippen molar-refractivity contribution in [2.24, 2.45) is 0 Å². The van der Waals surface area contributed by atoms with Crippen LogP contribution in [0.5, 0.6) is 0 Å². The van der Waals surface area contributed by atoms with Gasteiger partial charge < -0.3 is 9.51 Å². The molecular formula is C19H21N3O. The first-order valence-corrected chi connectivity index (χ1v) is 8.10.